The molecule has 14 aliphatic rings. The number of hydrogen-bond donors (Lipinski definition) is 0. The Hall–Kier alpha value is -2.12. The van der Waals surface area contributed by atoms with Crippen LogP contribution in [0.4, 0.5) is 0 Å². The quantitative estimate of drug-likeness (QED) is 0.0962. The summed E-state index contributed by atoms with van der Waals surface area (Å²) < 4.78 is 24.7. The Morgan fingerprint density at radius 2 is 0.659 bits per heavy atom. The van der Waals surface area contributed by atoms with E-state index in [1.807, 2.05) is 55.4 Å². The maximum absolute atomic E-state index is 12.7. The van der Waals surface area contributed by atoms with Crippen molar-refractivity contribution in [2.24, 2.45) is 140 Å². The summed E-state index contributed by atoms with van der Waals surface area (Å²) in [6.45, 7) is 33.4. The molecule has 14 rings (SSSR count). The average molecular weight is 1140 g/mol. The van der Waals surface area contributed by atoms with Gasteiger partial charge in [-0.2, -0.15) is 0 Å². The van der Waals surface area contributed by atoms with Gasteiger partial charge in [0.25, 0.3) is 0 Å². The highest BCUT2D eigenvalue weighted by Gasteiger charge is 2.70. The topological polar surface area (TPSA) is 105 Å². The van der Waals surface area contributed by atoms with Crippen LogP contribution in [0.2, 0.25) is 0 Å². The number of fused-ring (bicyclic) bond motifs is 28. The number of carbonyl (C=O) groups excluding carboxylic acids is 4. The van der Waals surface area contributed by atoms with Gasteiger partial charge < -0.3 is 18.9 Å². The molecule has 0 aromatic rings. The summed E-state index contributed by atoms with van der Waals surface area (Å²) in [6.07, 6.45) is 32.5. The molecule has 0 aromatic heterocycles. The fraction of sp³-hybridized carbons (Fsp3) is 0.946. The highest BCUT2D eigenvalue weighted by atomic mass is 16.6. The molecular weight excluding hydrogens is 1020 g/mol. The van der Waals surface area contributed by atoms with E-state index in [2.05, 4.69) is 55.4 Å². The van der Waals surface area contributed by atoms with Gasteiger partial charge in [-0.3, -0.25) is 19.2 Å². The lowest BCUT2D eigenvalue weighted by atomic mass is 9.65. The maximum atomic E-state index is 12.7. The Bertz CT molecular complexity index is 2380. The summed E-state index contributed by atoms with van der Waals surface area (Å²) in [5.74, 6) is 17.4. The van der Waals surface area contributed by atoms with Crippen LogP contribution >= 0.6 is 0 Å². The SMILES string of the molecule is CCC(C)(C)C(=O)OC1(C)CC2CC1C1C3CCC(C3)C21.CCC(C)(C)C(=O)OC1(C)CC2CC1C1CCCC21.CCC(C)(C)C(=O)OC1(CC)CC2CC1C1C3CCC(C3)C21.CCC(C)(C)C(=O)OC1(CC)CC2CC1C1CCCC21. The van der Waals surface area contributed by atoms with Gasteiger partial charge in [-0.25, -0.2) is 0 Å². The second-order valence-electron chi connectivity index (χ2n) is 34.7. The summed E-state index contributed by atoms with van der Waals surface area (Å²) in [4.78, 5) is 50.3. The van der Waals surface area contributed by atoms with Gasteiger partial charge in [0.2, 0.25) is 0 Å². The molecule has 8 heteroatoms. The van der Waals surface area contributed by atoms with Crippen LogP contribution in [0.25, 0.3) is 0 Å². The molecule has 0 aromatic carbocycles. The fourth-order valence-electron chi connectivity index (χ4n) is 23.5. The molecule has 0 spiro atoms. The van der Waals surface area contributed by atoms with Gasteiger partial charge in [-0.15, -0.1) is 0 Å². The van der Waals surface area contributed by atoms with E-state index in [1.54, 1.807) is 0 Å². The average Bonchev–Trinajstić information content (AvgIpc) is 2.41. The molecule has 24 atom stereocenters. The molecule has 0 N–H and O–H groups in total. The van der Waals surface area contributed by atoms with Crippen molar-refractivity contribution in [3.05, 3.63) is 0 Å². The summed E-state index contributed by atoms with van der Waals surface area (Å²) in [5.41, 5.74) is -1.92. The minimum Gasteiger partial charge on any atom is -0.459 e. The molecule has 0 amide bonds. The van der Waals surface area contributed by atoms with Crippen molar-refractivity contribution in [2.45, 2.75) is 300 Å². The van der Waals surface area contributed by atoms with E-state index in [0.29, 0.717) is 23.7 Å². The largest absolute Gasteiger partial charge is 0.459 e. The second-order valence-corrected chi connectivity index (χ2v) is 34.7. The van der Waals surface area contributed by atoms with Crippen molar-refractivity contribution >= 4 is 23.9 Å². The van der Waals surface area contributed by atoms with Gasteiger partial charge in [0, 0.05) is 23.7 Å². The molecule has 0 aliphatic heterocycles. The highest BCUT2D eigenvalue weighted by Crippen LogP contribution is 2.73. The van der Waals surface area contributed by atoms with Crippen molar-refractivity contribution < 1.29 is 38.1 Å². The Morgan fingerprint density at radius 1 is 0.341 bits per heavy atom. The van der Waals surface area contributed by atoms with Crippen LogP contribution in [-0.4, -0.2) is 46.3 Å². The fourth-order valence-corrected chi connectivity index (χ4v) is 23.5. The van der Waals surface area contributed by atoms with Gasteiger partial charge in [0.1, 0.15) is 22.4 Å². The molecule has 0 radical (unpaired) electrons. The summed E-state index contributed by atoms with van der Waals surface area (Å²) >= 11 is 0. The summed E-state index contributed by atoms with van der Waals surface area (Å²) in [5, 5.41) is 0. The standard InChI is InChI=1S/C20H32O2.C19H30O2.C18H30O2.C17H28O2/c1-5-19(3,4)18(21)22-20(6-2)11-14-10-15(20)17-13-8-7-12(9-13)16(14)17;1-5-18(2,3)17(20)21-19(4)10-13-9-14(19)16-12-7-6-11(8-12)15(13)16;1-5-17(3,4)16(19)20-18(6-2)11-12-10-15(18)14-9-7-8-13(12)14;1-5-16(2,3)15(18)19-17(4)10-11-9-14(17)13-8-6-7-12(11)13/h12-17H,5-11H2,1-4H3;11-16H,5-10H2,1-4H3;12-15H,5-11H2,1-4H3;11-14H,5-10H2,1-4H3. The monoisotopic (exact) mass is 1140 g/mol. The normalized spacial score (nSPS) is 46.7. The Kier molecular flexibility index (Phi) is 16.4. The van der Waals surface area contributed by atoms with Gasteiger partial charge in [-0.1, -0.05) is 54.4 Å². The van der Waals surface area contributed by atoms with E-state index in [9.17, 15) is 19.2 Å². The number of esters is 4. The molecule has 24 unspecified atom stereocenters. The van der Waals surface area contributed by atoms with Crippen LogP contribution in [0.1, 0.15) is 278 Å². The summed E-state index contributed by atoms with van der Waals surface area (Å²) in [7, 11) is 0. The predicted molar refractivity (Wildman–Crippen MR) is 326 cm³/mol. The lowest BCUT2D eigenvalue weighted by Gasteiger charge is -2.46. The van der Waals surface area contributed by atoms with Crippen LogP contribution < -0.4 is 0 Å². The van der Waals surface area contributed by atoms with E-state index in [1.165, 1.54) is 103 Å². The van der Waals surface area contributed by atoms with Crippen LogP contribution in [0.15, 0.2) is 0 Å². The minimum absolute atomic E-state index is 0.0135. The molecule has 14 aliphatic carbocycles. The third kappa shape index (κ3) is 10.1. The molecule has 464 valence electrons. The van der Waals surface area contributed by atoms with E-state index in [-0.39, 0.29) is 67.9 Å². The zero-order valence-electron chi connectivity index (χ0n) is 55.2. The molecule has 0 heterocycles. The molecule has 14 saturated carbocycles. The zero-order valence-corrected chi connectivity index (χ0v) is 55.2. The third-order valence-electron chi connectivity index (χ3n) is 29.5. The van der Waals surface area contributed by atoms with Gasteiger partial charge in [0.15, 0.2) is 0 Å². The van der Waals surface area contributed by atoms with Crippen molar-refractivity contribution in [3.63, 3.8) is 0 Å². The Balaban J connectivity index is 0.000000115. The van der Waals surface area contributed by atoms with Crippen molar-refractivity contribution in [1.29, 1.82) is 0 Å². The molecule has 8 nitrogen and oxygen atoms in total. The van der Waals surface area contributed by atoms with Crippen molar-refractivity contribution in [2.75, 3.05) is 0 Å². The molecule has 0 saturated heterocycles. The lowest BCUT2D eigenvalue weighted by molar-refractivity contribution is -0.183. The molecular formula is C74H120O8. The second kappa shape index (κ2) is 21.9. The molecule has 12 bridgehead atoms. The van der Waals surface area contributed by atoms with E-state index < -0.39 is 0 Å². The number of carbonyl (C=O) groups is 4. The van der Waals surface area contributed by atoms with E-state index >= 15 is 0 Å². The van der Waals surface area contributed by atoms with Gasteiger partial charge in [-0.05, 0) is 318 Å². The first-order valence-electron chi connectivity index (χ1n) is 35.5. The molecule has 14 fully saturated rings. The smallest absolute Gasteiger partial charge is 0.312 e. The molecule has 82 heavy (non-hydrogen) atoms. The van der Waals surface area contributed by atoms with Crippen LogP contribution in [0, 0.1) is 140 Å². The first-order chi connectivity index (χ1) is 38.6. The number of rotatable bonds is 14. The number of hydrogen-bond acceptors (Lipinski definition) is 8. The predicted octanol–water partition coefficient (Wildman–Crippen LogP) is 18.0. The van der Waals surface area contributed by atoms with Crippen molar-refractivity contribution in [3.8, 4) is 0 Å². The van der Waals surface area contributed by atoms with Crippen LogP contribution in [0.5, 0.6) is 0 Å². The first-order valence-corrected chi connectivity index (χ1v) is 35.5. The van der Waals surface area contributed by atoms with E-state index in [0.717, 1.165) is 159 Å². The Morgan fingerprint density at radius 3 is 1.12 bits per heavy atom. The van der Waals surface area contributed by atoms with Gasteiger partial charge in [0.05, 0.1) is 21.7 Å². The maximum Gasteiger partial charge on any atom is 0.312 e. The lowest BCUT2D eigenvalue weighted by Crippen LogP contribution is -2.49. The first kappa shape index (κ1) is 61.5. The van der Waals surface area contributed by atoms with Crippen molar-refractivity contribution in [1.82, 2.24) is 0 Å². The zero-order chi connectivity index (χ0) is 59.1. The van der Waals surface area contributed by atoms with Crippen LogP contribution in [0.3, 0.4) is 0 Å². The van der Waals surface area contributed by atoms with Gasteiger partial charge >= 0.3 is 23.9 Å². The minimum atomic E-state index is -0.335. The van der Waals surface area contributed by atoms with Crippen LogP contribution in [-0.2, 0) is 38.1 Å². The Labute approximate surface area is 499 Å². The third-order valence-corrected chi connectivity index (χ3v) is 29.5. The highest BCUT2D eigenvalue weighted by molar-refractivity contribution is 5.78. The van der Waals surface area contributed by atoms with E-state index in [4.69, 9.17) is 18.9 Å². The summed E-state index contributed by atoms with van der Waals surface area (Å²) in [6, 6.07) is 0. The number of ether oxygens (including phenoxy) is 4.